The van der Waals surface area contributed by atoms with E-state index in [0.29, 0.717) is 42.7 Å². The Balaban J connectivity index is 1.46. The van der Waals surface area contributed by atoms with Crippen LogP contribution < -0.4 is 4.74 Å². The van der Waals surface area contributed by atoms with Crippen molar-refractivity contribution in [2.75, 3.05) is 19.7 Å². The lowest BCUT2D eigenvalue weighted by molar-refractivity contribution is 0.0680. The topological polar surface area (TPSA) is 47.4 Å². The smallest absolute Gasteiger partial charge is 0.278 e. The van der Waals surface area contributed by atoms with Crippen molar-refractivity contribution >= 4 is 5.91 Å². The molecule has 0 saturated carbocycles. The lowest BCUT2D eigenvalue weighted by Gasteiger charge is -2.31. The fourth-order valence-corrected chi connectivity index (χ4v) is 3.99. The third kappa shape index (κ3) is 5.13. The number of hydrogen-bond acceptors (Lipinski definition) is 3. The molecule has 0 aliphatic carbocycles. The molecule has 1 amide bonds. The van der Waals surface area contributed by atoms with Crippen molar-refractivity contribution in [2.45, 2.75) is 32.6 Å². The van der Waals surface area contributed by atoms with Gasteiger partial charge in [0.05, 0.1) is 18.5 Å². The van der Waals surface area contributed by atoms with Crippen LogP contribution in [0.15, 0.2) is 60.8 Å². The molecule has 31 heavy (non-hydrogen) atoms. The molecule has 0 N–H and O–H groups in total. The number of ether oxygens (including phenoxy) is 1. The number of likely N-dealkylation sites (tertiary alicyclic amines) is 1. The molecule has 0 atom stereocenters. The summed E-state index contributed by atoms with van der Waals surface area (Å²) in [5.74, 6) is 0.639. The number of piperidine rings is 1. The van der Waals surface area contributed by atoms with Crippen LogP contribution in [0.2, 0.25) is 0 Å². The van der Waals surface area contributed by atoms with Gasteiger partial charge >= 0.3 is 0 Å². The molecule has 6 heteroatoms. The van der Waals surface area contributed by atoms with Gasteiger partial charge < -0.3 is 9.64 Å². The summed E-state index contributed by atoms with van der Waals surface area (Å²) in [6, 6.07) is 16.5. The van der Waals surface area contributed by atoms with Gasteiger partial charge in [-0.2, -0.15) is 5.10 Å². The van der Waals surface area contributed by atoms with Gasteiger partial charge in [-0.3, -0.25) is 4.79 Å². The van der Waals surface area contributed by atoms with Gasteiger partial charge in [0, 0.05) is 13.1 Å². The van der Waals surface area contributed by atoms with Crippen LogP contribution in [0.1, 0.15) is 42.2 Å². The zero-order chi connectivity index (χ0) is 21.6. The number of hydrogen-bond donors (Lipinski definition) is 0. The number of halogens is 1. The van der Waals surface area contributed by atoms with Crippen LogP contribution in [-0.4, -0.2) is 40.3 Å². The maximum Gasteiger partial charge on any atom is 0.278 e. The molecule has 0 spiro atoms. The Labute approximate surface area is 182 Å². The summed E-state index contributed by atoms with van der Waals surface area (Å²) in [6.45, 7) is 3.96. The molecule has 1 fully saturated rings. The molecule has 0 unspecified atom stereocenters. The normalized spacial score (nSPS) is 14.6. The molecule has 1 aromatic heterocycles. The molecule has 1 aliphatic heterocycles. The van der Waals surface area contributed by atoms with Crippen molar-refractivity contribution in [3.05, 3.63) is 77.9 Å². The molecule has 0 bridgehead atoms. The highest BCUT2D eigenvalue weighted by atomic mass is 19.1. The van der Waals surface area contributed by atoms with E-state index in [9.17, 15) is 9.18 Å². The first-order valence-corrected chi connectivity index (χ1v) is 11.0. The van der Waals surface area contributed by atoms with Gasteiger partial charge in [0.25, 0.3) is 5.91 Å². The minimum absolute atomic E-state index is 0.106. The van der Waals surface area contributed by atoms with E-state index >= 15 is 0 Å². The van der Waals surface area contributed by atoms with E-state index in [1.54, 1.807) is 23.0 Å². The van der Waals surface area contributed by atoms with E-state index < -0.39 is 0 Å². The van der Waals surface area contributed by atoms with Crippen molar-refractivity contribution in [3.8, 4) is 11.4 Å². The zero-order valence-corrected chi connectivity index (χ0v) is 17.8. The second kappa shape index (κ2) is 9.77. The highest BCUT2D eigenvalue weighted by molar-refractivity contribution is 5.95. The average molecular weight is 422 g/mol. The Hall–Kier alpha value is -3.15. The summed E-state index contributed by atoms with van der Waals surface area (Å²) in [7, 11) is 0. The SMILES string of the molecule is CCCOc1cn(-c2ccc(F)cc2)nc1C(=O)N1CCC(Cc2ccccc2)CC1. The number of carbonyl (C=O) groups excluding carboxylic acids is 1. The highest BCUT2D eigenvalue weighted by Crippen LogP contribution is 2.26. The summed E-state index contributed by atoms with van der Waals surface area (Å²) in [4.78, 5) is 15.1. The standard InChI is InChI=1S/C25H28FN3O2/c1-2-16-31-23-18-29(22-10-8-21(26)9-11-22)27-24(23)25(30)28-14-12-20(13-15-28)17-19-6-4-3-5-7-19/h3-11,18,20H,2,12-17H2,1H3. The molecular weight excluding hydrogens is 393 g/mol. The Morgan fingerprint density at radius 2 is 1.81 bits per heavy atom. The first-order chi connectivity index (χ1) is 15.1. The molecule has 2 aromatic carbocycles. The molecule has 1 aliphatic rings. The van der Waals surface area contributed by atoms with Crippen molar-refractivity contribution in [1.29, 1.82) is 0 Å². The zero-order valence-electron chi connectivity index (χ0n) is 17.8. The van der Waals surface area contributed by atoms with Gasteiger partial charge in [0.1, 0.15) is 5.82 Å². The summed E-state index contributed by atoms with van der Waals surface area (Å²) in [6.07, 6.45) is 5.54. The van der Waals surface area contributed by atoms with E-state index in [1.165, 1.54) is 17.7 Å². The van der Waals surface area contributed by atoms with Crippen molar-refractivity contribution in [1.82, 2.24) is 14.7 Å². The first-order valence-electron chi connectivity index (χ1n) is 11.0. The summed E-state index contributed by atoms with van der Waals surface area (Å²) in [5.41, 5.74) is 2.35. The van der Waals surface area contributed by atoms with E-state index in [-0.39, 0.29) is 11.7 Å². The highest BCUT2D eigenvalue weighted by Gasteiger charge is 2.28. The largest absolute Gasteiger partial charge is 0.489 e. The van der Waals surface area contributed by atoms with Crippen LogP contribution >= 0.6 is 0 Å². The summed E-state index contributed by atoms with van der Waals surface area (Å²) < 4.78 is 20.7. The Morgan fingerprint density at radius 1 is 1.10 bits per heavy atom. The van der Waals surface area contributed by atoms with Crippen LogP contribution in [0.3, 0.4) is 0 Å². The van der Waals surface area contributed by atoms with E-state index in [2.05, 4.69) is 29.4 Å². The van der Waals surface area contributed by atoms with Gasteiger partial charge in [0.15, 0.2) is 11.4 Å². The maximum atomic E-state index is 13.3. The Morgan fingerprint density at radius 3 is 2.48 bits per heavy atom. The summed E-state index contributed by atoms with van der Waals surface area (Å²) in [5, 5.41) is 4.50. The van der Waals surface area contributed by atoms with Gasteiger partial charge in [0.2, 0.25) is 0 Å². The second-order valence-electron chi connectivity index (χ2n) is 8.04. The predicted molar refractivity (Wildman–Crippen MR) is 118 cm³/mol. The number of carbonyl (C=O) groups is 1. The van der Waals surface area contributed by atoms with E-state index in [0.717, 1.165) is 25.7 Å². The van der Waals surface area contributed by atoms with Gasteiger partial charge in [-0.15, -0.1) is 0 Å². The molecule has 3 aromatic rings. The second-order valence-corrected chi connectivity index (χ2v) is 8.04. The number of benzene rings is 2. The van der Waals surface area contributed by atoms with Gasteiger partial charge in [-0.05, 0) is 61.4 Å². The lowest BCUT2D eigenvalue weighted by atomic mass is 9.90. The number of nitrogens with zero attached hydrogens (tertiary/aromatic N) is 3. The fourth-order valence-electron chi connectivity index (χ4n) is 3.99. The van der Waals surface area contributed by atoms with Crippen molar-refractivity contribution in [2.24, 2.45) is 5.92 Å². The molecule has 4 rings (SSSR count). The maximum absolute atomic E-state index is 13.3. The van der Waals surface area contributed by atoms with E-state index in [1.807, 2.05) is 17.9 Å². The monoisotopic (exact) mass is 421 g/mol. The molecule has 1 saturated heterocycles. The fraction of sp³-hybridized carbons (Fsp3) is 0.360. The predicted octanol–water partition coefficient (Wildman–Crippen LogP) is 4.90. The number of amides is 1. The minimum Gasteiger partial charge on any atom is -0.489 e. The lowest BCUT2D eigenvalue weighted by Crippen LogP contribution is -2.39. The third-order valence-electron chi connectivity index (χ3n) is 5.71. The Kier molecular flexibility index (Phi) is 6.65. The van der Waals surface area contributed by atoms with E-state index in [4.69, 9.17) is 4.74 Å². The molecular formula is C25H28FN3O2. The summed E-state index contributed by atoms with van der Waals surface area (Å²) >= 11 is 0. The van der Waals surface area contributed by atoms with Crippen LogP contribution in [0, 0.1) is 11.7 Å². The Bertz CT molecular complexity index is 993. The average Bonchev–Trinajstić information content (AvgIpc) is 3.23. The third-order valence-corrected chi connectivity index (χ3v) is 5.71. The molecule has 162 valence electrons. The van der Waals surface area contributed by atoms with Crippen molar-refractivity contribution < 1.29 is 13.9 Å². The number of rotatable bonds is 7. The van der Waals surface area contributed by atoms with Gasteiger partial charge in [-0.25, -0.2) is 9.07 Å². The molecule has 0 radical (unpaired) electrons. The van der Waals surface area contributed by atoms with Crippen LogP contribution in [-0.2, 0) is 6.42 Å². The van der Waals surface area contributed by atoms with Crippen LogP contribution in [0.25, 0.3) is 5.69 Å². The quantitative estimate of drug-likeness (QED) is 0.545. The molecule has 5 nitrogen and oxygen atoms in total. The number of aromatic nitrogens is 2. The van der Waals surface area contributed by atoms with Crippen LogP contribution in [0.4, 0.5) is 4.39 Å². The minimum atomic E-state index is -0.312. The first kappa shape index (κ1) is 21.1. The van der Waals surface area contributed by atoms with Crippen LogP contribution in [0.5, 0.6) is 5.75 Å². The van der Waals surface area contributed by atoms with Gasteiger partial charge in [-0.1, -0.05) is 37.3 Å². The van der Waals surface area contributed by atoms with Crippen molar-refractivity contribution in [3.63, 3.8) is 0 Å². The molecule has 2 heterocycles.